The largest absolute Gasteiger partial charge is 0.451 e. The standard InChI is InChI=1S/C27H21ClN2O3/c1-15-4-9-24-22(12-15)30-27(33-24)19-7-8-20(28)21(14-19)29-26(31)25-11-10-23(32-25)18-6-5-16(2)17(3)13-18/h4-14H,1-3H3,(H,29,31). The Morgan fingerprint density at radius 3 is 2.48 bits per heavy atom. The molecule has 0 aliphatic heterocycles. The quantitative estimate of drug-likeness (QED) is 0.302. The predicted molar refractivity (Wildman–Crippen MR) is 131 cm³/mol. The van der Waals surface area contributed by atoms with Gasteiger partial charge in [-0.1, -0.05) is 29.8 Å². The van der Waals surface area contributed by atoms with E-state index in [0.29, 0.717) is 33.5 Å². The molecule has 0 bridgehead atoms. The van der Waals surface area contributed by atoms with E-state index in [1.165, 1.54) is 5.56 Å². The predicted octanol–water partition coefficient (Wildman–Crippen LogP) is 7.59. The molecule has 0 saturated heterocycles. The van der Waals surface area contributed by atoms with Crippen molar-refractivity contribution in [2.24, 2.45) is 0 Å². The summed E-state index contributed by atoms with van der Waals surface area (Å²) in [5.41, 5.74) is 7.01. The van der Waals surface area contributed by atoms with Crippen LogP contribution >= 0.6 is 11.6 Å². The molecule has 33 heavy (non-hydrogen) atoms. The van der Waals surface area contributed by atoms with Crippen LogP contribution in [0.15, 0.2) is 75.6 Å². The van der Waals surface area contributed by atoms with E-state index in [-0.39, 0.29) is 5.76 Å². The third-order valence-corrected chi connectivity index (χ3v) is 5.96. The summed E-state index contributed by atoms with van der Waals surface area (Å²) in [4.78, 5) is 17.4. The summed E-state index contributed by atoms with van der Waals surface area (Å²) in [6, 6.07) is 20.6. The lowest BCUT2D eigenvalue weighted by Crippen LogP contribution is -2.11. The molecule has 164 valence electrons. The molecular formula is C27H21ClN2O3. The molecule has 3 aromatic carbocycles. The van der Waals surface area contributed by atoms with Crippen molar-refractivity contribution in [1.29, 1.82) is 0 Å². The fraction of sp³-hybridized carbons (Fsp3) is 0.111. The van der Waals surface area contributed by atoms with Crippen LogP contribution in [0.5, 0.6) is 0 Å². The van der Waals surface area contributed by atoms with Crippen molar-refractivity contribution in [3.8, 4) is 22.8 Å². The van der Waals surface area contributed by atoms with Gasteiger partial charge in [0.2, 0.25) is 5.89 Å². The van der Waals surface area contributed by atoms with Crippen LogP contribution in [0.25, 0.3) is 33.9 Å². The summed E-state index contributed by atoms with van der Waals surface area (Å²) < 4.78 is 11.7. The second kappa shape index (κ2) is 8.26. The van der Waals surface area contributed by atoms with Crippen molar-refractivity contribution in [2.45, 2.75) is 20.8 Å². The number of furan rings is 1. The van der Waals surface area contributed by atoms with Gasteiger partial charge < -0.3 is 14.2 Å². The highest BCUT2D eigenvalue weighted by Gasteiger charge is 2.16. The van der Waals surface area contributed by atoms with Gasteiger partial charge >= 0.3 is 0 Å². The van der Waals surface area contributed by atoms with Crippen LogP contribution in [-0.2, 0) is 0 Å². The molecule has 0 radical (unpaired) electrons. The first kappa shape index (κ1) is 21.0. The van der Waals surface area contributed by atoms with Crippen molar-refractivity contribution in [3.05, 3.63) is 94.2 Å². The van der Waals surface area contributed by atoms with Gasteiger partial charge in [-0.25, -0.2) is 4.98 Å². The normalized spacial score (nSPS) is 11.2. The Labute approximate surface area is 196 Å². The first-order valence-corrected chi connectivity index (χ1v) is 10.9. The molecule has 5 nitrogen and oxygen atoms in total. The minimum atomic E-state index is -0.391. The number of hydrogen-bond donors (Lipinski definition) is 1. The van der Waals surface area contributed by atoms with Crippen LogP contribution in [0.4, 0.5) is 5.69 Å². The molecule has 0 atom stereocenters. The van der Waals surface area contributed by atoms with Crippen molar-refractivity contribution < 1.29 is 13.6 Å². The van der Waals surface area contributed by atoms with Gasteiger partial charge in [-0.05, 0) is 86.0 Å². The van der Waals surface area contributed by atoms with E-state index < -0.39 is 5.91 Å². The van der Waals surface area contributed by atoms with Gasteiger partial charge in [-0.3, -0.25) is 4.79 Å². The Hall–Kier alpha value is -3.83. The summed E-state index contributed by atoms with van der Waals surface area (Å²) in [5, 5.41) is 3.23. The molecule has 0 saturated carbocycles. The van der Waals surface area contributed by atoms with Gasteiger partial charge in [-0.2, -0.15) is 0 Å². The van der Waals surface area contributed by atoms with E-state index in [4.69, 9.17) is 20.4 Å². The Kier molecular flexibility index (Phi) is 5.27. The molecule has 0 fully saturated rings. The molecule has 0 unspecified atom stereocenters. The molecule has 2 heterocycles. The molecule has 0 spiro atoms. The Balaban J connectivity index is 1.40. The van der Waals surface area contributed by atoms with Gasteiger partial charge in [-0.15, -0.1) is 0 Å². The van der Waals surface area contributed by atoms with Crippen LogP contribution in [0.3, 0.4) is 0 Å². The van der Waals surface area contributed by atoms with Crippen LogP contribution in [0.1, 0.15) is 27.2 Å². The number of anilines is 1. The monoisotopic (exact) mass is 456 g/mol. The topological polar surface area (TPSA) is 68.3 Å². The maximum atomic E-state index is 12.9. The fourth-order valence-electron chi connectivity index (χ4n) is 3.61. The summed E-state index contributed by atoms with van der Waals surface area (Å²) in [5.74, 6) is 0.891. The molecule has 0 aliphatic carbocycles. The molecule has 0 aliphatic rings. The molecular weight excluding hydrogens is 436 g/mol. The number of aryl methyl sites for hydroxylation is 3. The highest BCUT2D eigenvalue weighted by Crippen LogP contribution is 2.31. The van der Waals surface area contributed by atoms with Crippen molar-refractivity contribution in [3.63, 3.8) is 0 Å². The summed E-state index contributed by atoms with van der Waals surface area (Å²) >= 11 is 6.35. The Morgan fingerprint density at radius 1 is 0.848 bits per heavy atom. The highest BCUT2D eigenvalue weighted by molar-refractivity contribution is 6.34. The SMILES string of the molecule is Cc1ccc2oc(-c3ccc(Cl)c(NC(=O)c4ccc(-c5ccc(C)c(C)c5)o4)c3)nc2c1. The van der Waals surface area contributed by atoms with E-state index in [2.05, 4.69) is 17.2 Å². The molecule has 2 aromatic heterocycles. The Morgan fingerprint density at radius 2 is 1.67 bits per heavy atom. The van der Waals surface area contributed by atoms with Crippen LogP contribution < -0.4 is 5.32 Å². The lowest BCUT2D eigenvalue weighted by molar-refractivity contribution is 0.0997. The van der Waals surface area contributed by atoms with Gasteiger partial charge in [0.25, 0.3) is 5.91 Å². The van der Waals surface area contributed by atoms with E-state index >= 15 is 0 Å². The zero-order valence-corrected chi connectivity index (χ0v) is 19.2. The lowest BCUT2D eigenvalue weighted by atomic mass is 10.1. The third-order valence-electron chi connectivity index (χ3n) is 5.63. The summed E-state index contributed by atoms with van der Waals surface area (Å²) in [6.07, 6.45) is 0. The van der Waals surface area contributed by atoms with Crippen LogP contribution in [-0.4, -0.2) is 10.9 Å². The average molecular weight is 457 g/mol. The van der Waals surface area contributed by atoms with Crippen molar-refractivity contribution >= 4 is 34.3 Å². The number of halogens is 1. The van der Waals surface area contributed by atoms with E-state index in [0.717, 1.165) is 22.2 Å². The number of nitrogens with zero attached hydrogens (tertiary/aromatic N) is 1. The molecule has 5 rings (SSSR count). The zero-order chi connectivity index (χ0) is 23.1. The number of oxazole rings is 1. The third kappa shape index (κ3) is 4.15. The van der Waals surface area contributed by atoms with E-state index in [9.17, 15) is 4.79 Å². The van der Waals surface area contributed by atoms with Crippen molar-refractivity contribution in [2.75, 3.05) is 5.32 Å². The van der Waals surface area contributed by atoms with Gasteiger partial charge in [0.1, 0.15) is 11.3 Å². The summed E-state index contributed by atoms with van der Waals surface area (Å²) in [6.45, 7) is 6.10. The fourth-order valence-corrected chi connectivity index (χ4v) is 3.77. The highest BCUT2D eigenvalue weighted by atomic mass is 35.5. The number of rotatable bonds is 4. The van der Waals surface area contributed by atoms with E-state index in [1.807, 2.05) is 50.2 Å². The number of amides is 1. The maximum absolute atomic E-state index is 12.9. The number of carbonyl (C=O) groups excluding carboxylic acids is 1. The second-order valence-electron chi connectivity index (χ2n) is 8.10. The maximum Gasteiger partial charge on any atom is 0.291 e. The number of fused-ring (bicyclic) bond motifs is 1. The molecule has 5 aromatic rings. The second-order valence-corrected chi connectivity index (χ2v) is 8.51. The lowest BCUT2D eigenvalue weighted by Gasteiger charge is -2.07. The minimum Gasteiger partial charge on any atom is -0.451 e. The van der Waals surface area contributed by atoms with Crippen LogP contribution in [0.2, 0.25) is 5.02 Å². The number of nitrogens with one attached hydrogen (secondary N) is 1. The molecule has 1 amide bonds. The van der Waals surface area contributed by atoms with E-state index in [1.54, 1.807) is 30.3 Å². The van der Waals surface area contributed by atoms with Crippen molar-refractivity contribution in [1.82, 2.24) is 4.98 Å². The smallest absolute Gasteiger partial charge is 0.291 e. The summed E-state index contributed by atoms with van der Waals surface area (Å²) in [7, 11) is 0. The first-order valence-electron chi connectivity index (χ1n) is 10.5. The van der Waals surface area contributed by atoms with Gasteiger partial charge in [0.15, 0.2) is 11.3 Å². The Bertz CT molecular complexity index is 1510. The average Bonchev–Trinajstić information content (AvgIpc) is 3.44. The van der Waals surface area contributed by atoms with Gasteiger partial charge in [0, 0.05) is 11.1 Å². The first-order chi connectivity index (χ1) is 15.9. The molecule has 1 N–H and O–H groups in total. The zero-order valence-electron chi connectivity index (χ0n) is 18.4. The number of hydrogen-bond acceptors (Lipinski definition) is 4. The van der Waals surface area contributed by atoms with Gasteiger partial charge in [0.05, 0.1) is 10.7 Å². The number of benzene rings is 3. The minimum absolute atomic E-state index is 0.196. The number of carbonyl (C=O) groups is 1. The van der Waals surface area contributed by atoms with Crippen LogP contribution in [0, 0.1) is 20.8 Å². The molecule has 6 heteroatoms. The number of aromatic nitrogens is 1.